The van der Waals surface area contributed by atoms with E-state index in [1.54, 1.807) is 17.0 Å². The number of carbonyl (C=O) groups excluding carboxylic acids is 3. The minimum Gasteiger partial charge on any atom is -0.342 e. The molecule has 0 radical (unpaired) electrons. The number of piperidine rings is 1. The van der Waals surface area contributed by atoms with E-state index in [0.29, 0.717) is 23.8 Å². The molecule has 0 aliphatic carbocycles. The molecule has 2 fully saturated rings. The second-order valence-electron chi connectivity index (χ2n) is 7.85. The van der Waals surface area contributed by atoms with Gasteiger partial charge in [-0.3, -0.25) is 24.2 Å². The van der Waals surface area contributed by atoms with Gasteiger partial charge < -0.3 is 4.90 Å². The lowest BCUT2D eigenvalue weighted by Crippen LogP contribution is -2.47. The molecule has 2 saturated heterocycles. The number of anilines is 1. The van der Waals surface area contributed by atoms with Crippen molar-refractivity contribution in [2.24, 2.45) is 5.92 Å². The maximum absolute atomic E-state index is 12.8. The van der Waals surface area contributed by atoms with Gasteiger partial charge in [0.15, 0.2) is 0 Å². The van der Waals surface area contributed by atoms with Crippen LogP contribution in [0.15, 0.2) is 24.3 Å². The zero-order chi connectivity index (χ0) is 18.8. The van der Waals surface area contributed by atoms with E-state index in [1.807, 2.05) is 12.1 Å². The van der Waals surface area contributed by atoms with Crippen LogP contribution in [0, 0.1) is 5.92 Å². The second kappa shape index (κ2) is 7.80. The fourth-order valence-electron chi connectivity index (χ4n) is 4.46. The smallest absolute Gasteiger partial charge is 0.300 e. The van der Waals surface area contributed by atoms with Crippen molar-refractivity contribution in [2.75, 3.05) is 37.7 Å². The third-order valence-electron chi connectivity index (χ3n) is 6.07. The van der Waals surface area contributed by atoms with Crippen molar-refractivity contribution in [1.82, 2.24) is 9.80 Å². The SMILES string of the molecule is O=C1C(=O)N(CN2CCC(C(=O)N3CCCCCC3)CC2)c2ccccc21. The summed E-state index contributed by atoms with van der Waals surface area (Å²) in [6.07, 6.45) is 6.35. The topological polar surface area (TPSA) is 60.9 Å². The molecule has 0 spiro atoms. The summed E-state index contributed by atoms with van der Waals surface area (Å²) in [6.45, 7) is 3.79. The summed E-state index contributed by atoms with van der Waals surface area (Å²) in [7, 11) is 0. The number of ketones is 1. The Morgan fingerprint density at radius 2 is 1.59 bits per heavy atom. The summed E-state index contributed by atoms with van der Waals surface area (Å²) in [4.78, 5) is 43.1. The Morgan fingerprint density at radius 3 is 2.30 bits per heavy atom. The molecule has 27 heavy (non-hydrogen) atoms. The summed E-state index contributed by atoms with van der Waals surface area (Å²) in [5, 5.41) is 0. The highest BCUT2D eigenvalue weighted by atomic mass is 16.2. The van der Waals surface area contributed by atoms with Gasteiger partial charge in [0.1, 0.15) is 0 Å². The van der Waals surface area contributed by atoms with Crippen molar-refractivity contribution >= 4 is 23.3 Å². The van der Waals surface area contributed by atoms with Crippen molar-refractivity contribution in [1.29, 1.82) is 0 Å². The molecular weight excluding hydrogens is 342 g/mol. The van der Waals surface area contributed by atoms with Crippen LogP contribution in [0.3, 0.4) is 0 Å². The monoisotopic (exact) mass is 369 g/mol. The van der Waals surface area contributed by atoms with Gasteiger partial charge in [-0.1, -0.05) is 25.0 Å². The van der Waals surface area contributed by atoms with Crippen LogP contribution in [0.1, 0.15) is 48.9 Å². The molecule has 0 atom stereocenters. The third-order valence-corrected chi connectivity index (χ3v) is 6.07. The van der Waals surface area contributed by atoms with Crippen LogP contribution >= 0.6 is 0 Å². The summed E-state index contributed by atoms with van der Waals surface area (Å²) in [5.41, 5.74) is 1.20. The molecule has 0 bridgehead atoms. The lowest BCUT2D eigenvalue weighted by Gasteiger charge is -2.35. The summed E-state index contributed by atoms with van der Waals surface area (Å²) >= 11 is 0. The molecule has 3 aliphatic rings. The minimum atomic E-state index is -0.445. The number of rotatable bonds is 3. The number of nitrogens with zero attached hydrogens (tertiary/aromatic N) is 3. The maximum atomic E-state index is 12.8. The lowest BCUT2D eigenvalue weighted by molar-refractivity contribution is -0.137. The average molecular weight is 369 g/mol. The van der Waals surface area contributed by atoms with Crippen LogP contribution in [-0.2, 0) is 9.59 Å². The van der Waals surface area contributed by atoms with Crippen LogP contribution in [0.25, 0.3) is 0 Å². The molecule has 2 amide bonds. The van der Waals surface area contributed by atoms with Crippen molar-refractivity contribution in [3.63, 3.8) is 0 Å². The second-order valence-corrected chi connectivity index (χ2v) is 7.85. The van der Waals surface area contributed by atoms with Gasteiger partial charge in [-0.2, -0.15) is 0 Å². The van der Waals surface area contributed by atoms with E-state index in [1.165, 1.54) is 12.8 Å². The highest BCUT2D eigenvalue weighted by molar-refractivity contribution is 6.52. The van der Waals surface area contributed by atoms with Gasteiger partial charge in [-0.15, -0.1) is 0 Å². The van der Waals surface area contributed by atoms with Gasteiger partial charge in [-0.05, 0) is 37.8 Å². The average Bonchev–Trinajstić information content (AvgIpc) is 2.91. The fraction of sp³-hybridized carbons (Fsp3) is 0.571. The van der Waals surface area contributed by atoms with E-state index < -0.39 is 11.7 Å². The molecule has 0 aromatic heterocycles. The predicted molar refractivity (Wildman–Crippen MR) is 102 cm³/mol. The number of carbonyl (C=O) groups is 3. The lowest BCUT2D eigenvalue weighted by atomic mass is 9.95. The Kier molecular flexibility index (Phi) is 5.25. The Hall–Kier alpha value is -2.21. The Morgan fingerprint density at radius 1 is 0.926 bits per heavy atom. The molecule has 3 aliphatic heterocycles. The number of fused-ring (bicyclic) bond motifs is 1. The molecule has 0 N–H and O–H groups in total. The number of hydrogen-bond donors (Lipinski definition) is 0. The Bertz CT molecular complexity index is 732. The van der Waals surface area contributed by atoms with Gasteiger partial charge in [0.05, 0.1) is 17.9 Å². The number of hydrogen-bond acceptors (Lipinski definition) is 4. The van der Waals surface area contributed by atoms with Crippen LogP contribution in [0.2, 0.25) is 0 Å². The van der Waals surface area contributed by atoms with Crippen molar-refractivity contribution in [3.05, 3.63) is 29.8 Å². The standard InChI is InChI=1S/C21H27N3O3/c25-19-17-7-3-4-8-18(17)24(21(19)27)15-22-13-9-16(10-14-22)20(26)23-11-5-1-2-6-12-23/h3-4,7-8,16H,1-2,5-6,9-15H2. The van der Waals surface area contributed by atoms with E-state index >= 15 is 0 Å². The molecule has 4 rings (SSSR count). The van der Waals surface area contributed by atoms with E-state index in [0.717, 1.165) is 51.9 Å². The van der Waals surface area contributed by atoms with Gasteiger partial charge in [-0.25, -0.2) is 0 Å². The van der Waals surface area contributed by atoms with Crippen molar-refractivity contribution < 1.29 is 14.4 Å². The molecule has 3 heterocycles. The largest absolute Gasteiger partial charge is 0.342 e. The zero-order valence-corrected chi connectivity index (χ0v) is 15.7. The normalized spacial score (nSPS) is 22.1. The fourth-order valence-corrected chi connectivity index (χ4v) is 4.46. The molecule has 0 saturated carbocycles. The molecule has 1 aromatic carbocycles. The first-order valence-electron chi connectivity index (χ1n) is 10.1. The highest BCUT2D eigenvalue weighted by Crippen LogP contribution is 2.29. The molecule has 6 heteroatoms. The number of amides is 2. The van der Waals surface area contributed by atoms with Gasteiger partial charge in [0.2, 0.25) is 5.91 Å². The van der Waals surface area contributed by atoms with Crippen molar-refractivity contribution in [3.8, 4) is 0 Å². The van der Waals surface area contributed by atoms with Crippen LogP contribution < -0.4 is 4.90 Å². The van der Waals surface area contributed by atoms with Crippen LogP contribution in [0.5, 0.6) is 0 Å². The summed E-state index contributed by atoms with van der Waals surface area (Å²) in [5.74, 6) is -0.451. The number of likely N-dealkylation sites (tertiary alicyclic amines) is 2. The third kappa shape index (κ3) is 3.63. The van der Waals surface area contributed by atoms with Crippen LogP contribution in [-0.4, -0.2) is 60.2 Å². The van der Waals surface area contributed by atoms with Gasteiger partial charge >= 0.3 is 5.91 Å². The first-order chi connectivity index (χ1) is 13.1. The molecular formula is C21H27N3O3. The van der Waals surface area contributed by atoms with E-state index in [-0.39, 0.29) is 5.92 Å². The summed E-state index contributed by atoms with van der Waals surface area (Å²) in [6, 6.07) is 7.17. The van der Waals surface area contributed by atoms with Crippen LogP contribution in [0.4, 0.5) is 5.69 Å². The maximum Gasteiger partial charge on any atom is 0.300 e. The van der Waals surface area contributed by atoms with Crippen molar-refractivity contribution in [2.45, 2.75) is 38.5 Å². The number of para-hydroxylation sites is 1. The molecule has 6 nitrogen and oxygen atoms in total. The highest BCUT2D eigenvalue weighted by Gasteiger charge is 2.37. The molecule has 144 valence electrons. The predicted octanol–water partition coefficient (Wildman–Crippen LogP) is 2.29. The molecule has 0 unspecified atom stereocenters. The van der Waals surface area contributed by atoms with Gasteiger partial charge in [0, 0.05) is 32.1 Å². The zero-order valence-electron chi connectivity index (χ0n) is 15.7. The number of Topliss-reactive ketones (excluding diaryl/α,β-unsaturated/α-hetero) is 1. The summed E-state index contributed by atoms with van der Waals surface area (Å²) < 4.78 is 0. The number of benzene rings is 1. The first kappa shape index (κ1) is 18.2. The molecule has 1 aromatic rings. The van der Waals surface area contributed by atoms with E-state index in [9.17, 15) is 14.4 Å². The Balaban J connectivity index is 1.34. The van der Waals surface area contributed by atoms with Gasteiger partial charge in [0.25, 0.3) is 5.78 Å². The Labute approximate surface area is 160 Å². The van der Waals surface area contributed by atoms with E-state index in [4.69, 9.17) is 0 Å². The van der Waals surface area contributed by atoms with E-state index in [2.05, 4.69) is 9.80 Å². The first-order valence-corrected chi connectivity index (χ1v) is 10.1. The quantitative estimate of drug-likeness (QED) is 0.767. The minimum absolute atomic E-state index is 0.0996.